The minimum absolute atomic E-state index is 0.0531. The van der Waals surface area contributed by atoms with E-state index in [-0.39, 0.29) is 18.2 Å². The molecule has 7 nitrogen and oxygen atoms in total. The standard InChI is InChI=1S/C21H17ClN4O3S/c22-16-7-8-18-17(11-16)24-21(25(18)12-15-5-2-1-3-6-15)30-14-20(27)29-13-19-23-9-4-10-26(19)28/h1-11H,12-14H2. The third-order valence-electron chi connectivity index (χ3n) is 4.33. The number of rotatable bonds is 7. The molecule has 0 aliphatic heterocycles. The fourth-order valence-electron chi connectivity index (χ4n) is 2.91. The van der Waals surface area contributed by atoms with E-state index < -0.39 is 5.97 Å². The smallest absolute Gasteiger partial charge is 0.339 e. The Hall–Kier alpha value is -3.10. The molecule has 4 aromatic rings. The van der Waals surface area contributed by atoms with Crippen LogP contribution >= 0.6 is 23.4 Å². The molecular weight excluding hydrogens is 424 g/mol. The van der Waals surface area contributed by atoms with Crippen LogP contribution in [0.3, 0.4) is 0 Å². The molecule has 0 aliphatic rings. The Morgan fingerprint density at radius 1 is 1.20 bits per heavy atom. The van der Waals surface area contributed by atoms with Crippen molar-refractivity contribution in [3.63, 3.8) is 0 Å². The summed E-state index contributed by atoms with van der Waals surface area (Å²) in [5.41, 5.74) is 2.81. The van der Waals surface area contributed by atoms with Gasteiger partial charge in [0.2, 0.25) is 0 Å². The highest BCUT2D eigenvalue weighted by Gasteiger charge is 2.16. The van der Waals surface area contributed by atoms with Gasteiger partial charge in [-0.2, -0.15) is 0 Å². The molecule has 0 saturated carbocycles. The summed E-state index contributed by atoms with van der Waals surface area (Å²) < 4.78 is 7.80. The van der Waals surface area contributed by atoms with Crippen molar-refractivity contribution in [3.8, 4) is 0 Å². The first kappa shape index (κ1) is 20.2. The number of nitrogens with zero attached hydrogens (tertiary/aromatic N) is 4. The lowest BCUT2D eigenvalue weighted by Gasteiger charge is -2.09. The third-order valence-corrected chi connectivity index (χ3v) is 5.51. The van der Waals surface area contributed by atoms with E-state index >= 15 is 0 Å². The Labute approximate surface area is 181 Å². The van der Waals surface area contributed by atoms with E-state index in [1.54, 1.807) is 6.07 Å². The summed E-state index contributed by atoms with van der Waals surface area (Å²) in [6.45, 7) is 0.431. The Morgan fingerprint density at radius 2 is 2.03 bits per heavy atom. The molecule has 4 rings (SSSR count). The van der Waals surface area contributed by atoms with Gasteiger partial charge in [-0.25, -0.2) is 9.71 Å². The lowest BCUT2D eigenvalue weighted by Crippen LogP contribution is -2.33. The van der Waals surface area contributed by atoms with Gasteiger partial charge in [0.15, 0.2) is 11.8 Å². The van der Waals surface area contributed by atoms with E-state index in [1.807, 2.05) is 47.0 Å². The molecule has 2 aromatic heterocycles. The number of benzene rings is 2. The number of hydrogen-bond acceptors (Lipinski definition) is 6. The highest BCUT2D eigenvalue weighted by Crippen LogP contribution is 2.27. The van der Waals surface area contributed by atoms with Gasteiger partial charge in [0.05, 0.1) is 29.5 Å². The normalized spacial score (nSPS) is 11.0. The monoisotopic (exact) mass is 440 g/mol. The molecule has 2 heterocycles. The van der Waals surface area contributed by atoms with Gasteiger partial charge >= 0.3 is 11.8 Å². The molecule has 0 amide bonds. The molecule has 0 N–H and O–H groups in total. The molecule has 30 heavy (non-hydrogen) atoms. The van der Waals surface area contributed by atoms with Gasteiger partial charge in [0.1, 0.15) is 6.20 Å². The number of halogens is 1. The predicted molar refractivity (Wildman–Crippen MR) is 114 cm³/mol. The Kier molecular flexibility index (Phi) is 6.15. The van der Waals surface area contributed by atoms with Crippen LogP contribution in [0, 0.1) is 5.21 Å². The summed E-state index contributed by atoms with van der Waals surface area (Å²) in [4.78, 5) is 20.7. The molecule has 0 fully saturated rings. The van der Waals surface area contributed by atoms with Gasteiger partial charge in [-0.1, -0.05) is 53.7 Å². The summed E-state index contributed by atoms with van der Waals surface area (Å²) >= 11 is 7.39. The maximum Gasteiger partial charge on any atom is 0.339 e. The van der Waals surface area contributed by atoms with Gasteiger partial charge in [0, 0.05) is 11.1 Å². The van der Waals surface area contributed by atoms with E-state index in [0.717, 1.165) is 16.6 Å². The molecule has 0 aliphatic carbocycles. The molecule has 0 radical (unpaired) electrons. The fraction of sp³-hybridized carbons (Fsp3) is 0.143. The second kappa shape index (κ2) is 9.15. The average molecular weight is 441 g/mol. The van der Waals surface area contributed by atoms with Crippen molar-refractivity contribution >= 4 is 40.4 Å². The minimum Gasteiger partial charge on any atom is -0.711 e. The Bertz CT molecular complexity index is 1180. The van der Waals surface area contributed by atoms with E-state index in [1.165, 1.54) is 30.2 Å². The number of esters is 1. The summed E-state index contributed by atoms with van der Waals surface area (Å²) in [7, 11) is 0. The highest BCUT2D eigenvalue weighted by atomic mass is 35.5. The quantitative estimate of drug-likeness (QED) is 0.189. The molecule has 152 valence electrons. The lowest BCUT2D eigenvalue weighted by molar-refractivity contribution is -0.620. The van der Waals surface area contributed by atoms with Crippen LogP contribution in [0.5, 0.6) is 0 Å². The number of fused-ring (bicyclic) bond motifs is 1. The molecule has 2 aromatic carbocycles. The zero-order valence-electron chi connectivity index (χ0n) is 15.8. The summed E-state index contributed by atoms with van der Waals surface area (Å²) in [5, 5.41) is 12.9. The van der Waals surface area contributed by atoms with Gasteiger partial charge < -0.3 is 14.5 Å². The second-order valence-electron chi connectivity index (χ2n) is 6.41. The molecule has 0 spiro atoms. The zero-order chi connectivity index (χ0) is 20.9. The second-order valence-corrected chi connectivity index (χ2v) is 7.79. The van der Waals surface area contributed by atoms with Crippen molar-refractivity contribution in [2.75, 3.05) is 5.75 Å². The first-order valence-electron chi connectivity index (χ1n) is 9.11. The van der Waals surface area contributed by atoms with Crippen molar-refractivity contribution in [2.24, 2.45) is 0 Å². The average Bonchev–Trinajstić information content (AvgIpc) is 3.08. The number of hydrogen-bond donors (Lipinski definition) is 0. The van der Waals surface area contributed by atoms with Crippen molar-refractivity contribution in [2.45, 2.75) is 18.3 Å². The number of thioether (sulfide) groups is 1. The number of ether oxygens (including phenoxy) is 1. The van der Waals surface area contributed by atoms with E-state index in [9.17, 15) is 10.0 Å². The van der Waals surface area contributed by atoms with Crippen LogP contribution in [0.25, 0.3) is 11.0 Å². The first-order valence-corrected chi connectivity index (χ1v) is 10.5. The minimum atomic E-state index is -0.456. The molecule has 0 unspecified atom stereocenters. The maximum absolute atomic E-state index is 12.2. The predicted octanol–water partition coefficient (Wildman–Crippen LogP) is 3.60. The largest absolute Gasteiger partial charge is 0.711 e. The van der Waals surface area contributed by atoms with Gasteiger partial charge in [-0.05, 0) is 28.7 Å². The van der Waals surface area contributed by atoms with Crippen LogP contribution in [0.4, 0.5) is 0 Å². The molecule has 0 atom stereocenters. The zero-order valence-corrected chi connectivity index (χ0v) is 17.3. The fourth-order valence-corrected chi connectivity index (χ4v) is 3.89. The maximum atomic E-state index is 12.2. The highest BCUT2D eigenvalue weighted by molar-refractivity contribution is 7.99. The SMILES string of the molecule is O=C(CSc1nc2cc(Cl)ccc2n1Cc1ccccc1)OCc1nccc[n+]1[O-]. The lowest BCUT2D eigenvalue weighted by atomic mass is 10.2. The van der Waals surface area contributed by atoms with Gasteiger partial charge in [-0.15, -0.1) is 0 Å². The van der Waals surface area contributed by atoms with E-state index in [2.05, 4.69) is 9.97 Å². The molecule has 9 heteroatoms. The van der Waals surface area contributed by atoms with Crippen LogP contribution in [0.1, 0.15) is 11.4 Å². The number of imidazole rings is 1. The Balaban J connectivity index is 1.49. The molecule has 0 saturated heterocycles. The number of carbonyl (C=O) groups is 1. The number of aromatic nitrogens is 4. The van der Waals surface area contributed by atoms with Crippen LogP contribution in [0.15, 0.2) is 72.1 Å². The molecular formula is C21H17ClN4O3S. The number of carbonyl (C=O) groups excluding carboxylic acids is 1. The van der Waals surface area contributed by atoms with Crippen molar-refractivity contribution in [1.82, 2.24) is 14.5 Å². The van der Waals surface area contributed by atoms with Crippen LogP contribution < -0.4 is 4.73 Å². The summed E-state index contributed by atoms with van der Waals surface area (Å²) in [5.74, 6) is -0.277. The van der Waals surface area contributed by atoms with Crippen molar-refractivity contribution < 1.29 is 14.3 Å². The van der Waals surface area contributed by atoms with Crippen molar-refractivity contribution in [1.29, 1.82) is 0 Å². The van der Waals surface area contributed by atoms with E-state index in [0.29, 0.717) is 21.5 Å². The Morgan fingerprint density at radius 3 is 2.83 bits per heavy atom. The summed E-state index contributed by atoms with van der Waals surface area (Å²) in [6, 6.07) is 17.1. The first-order chi connectivity index (χ1) is 14.6. The van der Waals surface area contributed by atoms with Gasteiger partial charge in [0.25, 0.3) is 0 Å². The van der Waals surface area contributed by atoms with Crippen LogP contribution in [-0.2, 0) is 22.7 Å². The van der Waals surface area contributed by atoms with Crippen LogP contribution in [0.2, 0.25) is 5.02 Å². The molecule has 0 bridgehead atoms. The van der Waals surface area contributed by atoms with Crippen molar-refractivity contribution in [3.05, 3.63) is 88.6 Å². The van der Waals surface area contributed by atoms with E-state index in [4.69, 9.17) is 16.3 Å². The third kappa shape index (κ3) is 4.72. The van der Waals surface area contributed by atoms with Gasteiger partial charge in [-0.3, -0.25) is 4.79 Å². The topological polar surface area (TPSA) is 84.0 Å². The van der Waals surface area contributed by atoms with Crippen LogP contribution in [-0.4, -0.2) is 26.3 Å². The summed E-state index contributed by atoms with van der Waals surface area (Å²) in [6.07, 6.45) is 2.78.